The fourth-order valence-corrected chi connectivity index (χ4v) is 2.00. The predicted molar refractivity (Wildman–Crippen MR) is 78.0 cm³/mol. The number of ether oxygens (including phenoxy) is 2. The second-order valence-electron chi connectivity index (χ2n) is 7.33. The maximum Gasteiger partial charge on any atom is 0.417 e. The SMILES string of the molecule is CC(C)(C)OC(=O)[C@@H]1CC[C@@H](O)C(=O)N1C(=O)OC(C)(C)C. The van der Waals surface area contributed by atoms with Crippen LogP contribution in [0.4, 0.5) is 4.79 Å². The molecule has 1 N–H and O–H groups in total. The summed E-state index contributed by atoms with van der Waals surface area (Å²) in [5.41, 5.74) is -1.56. The highest BCUT2D eigenvalue weighted by Crippen LogP contribution is 2.24. The molecule has 126 valence electrons. The van der Waals surface area contributed by atoms with Gasteiger partial charge in [-0.1, -0.05) is 0 Å². The van der Waals surface area contributed by atoms with Gasteiger partial charge in [0.15, 0.2) is 0 Å². The van der Waals surface area contributed by atoms with Crippen molar-refractivity contribution in [1.29, 1.82) is 0 Å². The van der Waals surface area contributed by atoms with Crippen molar-refractivity contribution in [3.05, 3.63) is 0 Å². The molecule has 0 bridgehead atoms. The molecule has 7 heteroatoms. The number of carbonyl (C=O) groups excluding carboxylic acids is 3. The molecule has 1 heterocycles. The average molecular weight is 315 g/mol. The topological polar surface area (TPSA) is 93.1 Å². The first kappa shape index (κ1) is 18.4. The molecule has 1 aliphatic heterocycles. The van der Waals surface area contributed by atoms with Crippen LogP contribution in [0.15, 0.2) is 0 Å². The first-order valence-electron chi connectivity index (χ1n) is 7.29. The smallest absolute Gasteiger partial charge is 0.417 e. The van der Waals surface area contributed by atoms with Crippen molar-refractivity contribution < 1.29 is 29.0 Å². The Labute approximate surface area is 130 Å². The van der Waals surface area contributed by atoms with Crippen molar-refractivity contribution in [2.24, 2.45) is 0 Å². The minimum atomic E-state index is -1.31. The summed E-state index contributed by atoms with van der Waals surface area (Å²) in [7, 11) is 0. The summed E-state index contributed by atoms with van der Waals surface area (Å²) in [6, 6.07) is -1.08. The highest BCUT2D eigenvalue weighted by Gasteiger charge is 2.45. The Balaban J connectivity index is 3.00. The highest BCUT2D eigenvalue weighted by molar-refractivity contribution is 5.99. The third-order valence-corrected chi connectivity index (χ3v) is 2.82. The van der Waals surface area contributed by atoms with Crippen molar-refractivity contribution in [1.82, 2.24) is 4.90 Å². The maximum atomic E-state index is 12.2. The summed E-state index contributed by atoms with van der Waals surface area (Å²) >= 11 is 0. The van der Waals surface area contributed by atoms with Crippen LogP contribution in [0, 0.1) is 0 Å². The van der Waals surface area contributed by atoms with Crippen LogP contribution in [0.5, 0.6) is 0 Å². The van der Waals surface area contributed by atoms with Gasteiger partial charge in [-0.3, -0.25) is 4.79 Å². The molecule has 0 aliphatic carbocycles. The standard InChI is InChI=1S/C15H25NO6/c1-14(2,3)21-12(19)9-7-8-10(17)11(18)16(9)13(20)22-15(4,5)6/h9-10,17H,7-8H2,1-6H3/t9-,10+/m0/s1. The Morgan fingerprint density at radius 3 is 2.00 bits per heavy atom. The van der Waals surface area contributed by atoms with E-state index in [2.05, 4.69) is 0 Å². The van der Waals surface area contributed by atoms with Crippen molar-refractivity contribution in [2.45, 2.75) is 77.7 Å². The van der Waals surface area contributed by atoms with Gasteiger partial charge in [-0.15, -0.1) is 0 Å². The van der Waals surface area contributed by atoms with Gasteiger partial charge in [0.05, 0.1) is 0 Å². The van der Waals surface area contributed by atoms with Gasteiger partial charge in [0.2, 0.25) is 0 Å². The molecule has 1 rings (SSSR count). The number of imide groups is 1. The van der Waals surface area contributed by atoms with Gasteiger partial charge in [-0.25, -0.2) is 14.5 Å². The largest absolute Gasteiger partial charge is 0.458 e. The van der Waals surface area contributed by atoms with Gasteiger partial charge < -0.3 is 14.6 Å². The number of esters is 1. The average Bonchev–Trinajstić information content (AvgIpc) is 2.27. The molecule has 1 saturated heterocycles. The molecular formula is C15H25NO6. The van der Waals surface area contributed by atoms with E-state index in [1.54, 1.807) is 41.5 Å². The maximum absolute atomic E-state index is 12.2. The summed E-state index contributed by atoms with van der Waals surface area (Å²) in [4.78, 5) is 37.2. The number of amides is 2. The van der Waals surface area contributed by atoms with Crippen LogP contribution in [0.3, 0.4) is 0 Å². The molecule has 1 fully saturated rings. The molecular weight excluding hydrogens is 290 g/mol. The van der Waals surface area contributed by atoms with Crippen LogP contribution in [0.25, 0.3) is 0 Å². The number of rotatable bonds is 1. The monoisotopic (exact) mass is 315 g/mol. The number of carbonyl (C=O) groups is 3. The minimum Gasteiger partial charge on any atom is -0.458 e. The second kappa shape index (κ2) is 6.24. The summed E-state index contributed by atoms with van der Waals surface area (Å²) < 4.78 is 10.4. The van der Waals surface area contributed by atoms with Crippen molar-refractivity contribution in [2.75, 3.05) is 0 Å². The van der Waals surface area contributed by atoms with Crippen LogP contribution in [-0.2, 0) is 19.1 Å². The van der Waals surface area contributed by atoms with Gasteiger partial charge in [0.1, 0.15) is 23.3 Å². The first-order chi connectivity index (χ1) is 9.82. The van der Waals surface area contributed by atoms with Crippen molar-refractivity contribution in [3.8, 4) is 0 Å². The number of aliphatic hydroxyl groups excluding tert-OH is 1. The number of piperidine rings is 1. The number of hydrogen-bond donors (Lipinski definition) is 1. The van der Waals surface area contributed by atoms with Gasteiger partial charge in [0, 0.05) is 0 Å². The van der Waals surface area contributed by atoms with E-state index in [1.807, 2.05) is 0 Å². The number of nitrogens with zero attached hydrogens (tertiary/aromatic N) is 1. The molecule has 2 atom stereocenters. The Hall–Kier alpha value is -1.63. The number of aliphatic hydroxyl groups is 1. The summed E-state index contributed by atoms with van der Waals surface area (Å²) in [6.07, 6.45) is -2.03. The highest BCUT2D eigenvalue weighted by atomic mass is 16.6. The second-order valence-corrected chi connectivity index (χ2v) is 7.33. The molecule has 1 aliphatic rings. The van der Waals surface area contributed by atoms with E-state index >= 15 is 0 Å². The molecule has 0 radical (unpaired) electrons. The summed E-state index contributed by atoms with van der Waals surface area (Å²) in [6.45, 7) is 10.0. The van der Waals surface area contributed by atoms with Crippen LogP contribution in [0.1, 0.15) is 54.4 Å². The van der Waals surface area contributed by atoms with Crippen LogP contribution in [-0.4, -0.2) is 51.3 Å². The van der Waals surface area contributed by atoms with E-state index in [0.29, 0.717) is 4.90 Å². The zero-order chi connectivity index (χ0) is 17.3. The summed E-state index contributed by atoms with van der Waals surface area (Å²) in [5, 5.41) is 9.68. The van der Waals surface area contributed by atoms with E-state index < -0.39 is 41.3 Å². The fourth-order valence-electron chi connectivity index (χ4n) is 2.00. The fraction of sp³-hybridized carbons (Fsp3) is 0.800. The van der Waals surface area contributed by atoms with Crippen LogP contribution >= 0.6 is 0 Å². The lowest BCUT2D eigenvalue weighted by molar-refractivity contribution is -0.169. The molecule has 0 unspecified atom stereocenters. The third-order valence-electron chi connectivity index (χ3n) is 2.82. The quantitative estimate of drug-likeness (QED) is 0.739. The van der Waals surface area contributed by atoms with E-state index in [-0.39, 0.29) is 12.8 Å². The first-order valence-corrected chi connectivity index (χ1v) is 7.29. The Bertz CT molecular complexity index is 460. The van der Waals surface area contributed by atoms with E-state index in [4.69, 9.17) is 9.47 Å². The Morgan fingerprint density at radius 2 is 1.55 bits per heavy atom. The third kappa shape index (κ3) is 4.98. The lowest BCUT2D eigenvalue weighted by atomic mass is 9.99. The molecule has 0 spiro atoms. The normalized spacial score (nSPS) is 23.2. The molecule has 2 amide bonds. The number of hydrogen-bond acceptors (Lipinski definition) is 6. The Morgan fingerprint density at radius 1 is 1.05 bits per heavy atom. The van der Waals surface area contributed by atoms with Gasteiger partial charge in [-0.05, 0) is 54.4 Å². The molecule has 0 aromatic rings. The Kier molecular flexibility index (Phi) is 5.22. The predicted octanol–water partition coefficient (Wildman–Crippen LogP) is 1.62. The van der Waals surface area contributed by atoms with E-state index in [9.17, 15) is 19.5 Å². The molecule has 22 heavy (non-hydrogen) atoms. The van der Waals surface area contributed by atoms with Gasteiger partial charge >= 0.3 is 12.1 Å². The molecule has 7 nitrogen and oxygen atoms in total. The molecule has 0 saturated carbocycles. The van der Waals surface area contributed by atoms with Crippen LogP contribution in [0.2, 0.25) is 0 Å². The van der Waals surface area contributed by atoms with Crippen molar-refractivity contribution >= 4 is 18.0 Å². The van der Waals surface area contributed by atoms with Gasteiger partial charge in [-0.2, -0.15) is 0 Å². The minimum absolute atomic E-state index is 0.0992. The summed E-state index contributed by atoms with van der Waals surface area (Å²) in [5.74, 6) is -1.52. The molecule has 0 aromatic heterocycles. The number of likely N-dealkylation sites (tertiary alicyclic amines) is 1. The lowest BCUT2D eigenvalue weighted by Gasteiger charge is -2.36. The van der Waals surface area contributed by atoms with E-state index in [1.165, 1.54) is 0 Å². The van der Waals surface area contributed by atoms with Crippen molar-refractivity contribution in [3.63, 3.8) is 0 Å². The van der Waals surface area contributed by atoms with Crippen LogP contribution < -0.4 is 0 Å². The zero-order valence-electron chi connectivity index (χ0n) is 14.0. The molecule has 0 aromatic carbocycles. The lowest BCUT2D eigenvalue weighted by Crippen LogP contribution is -2.57. The zero-order valence-corrected chi connectivity index (χ0v) is 14.0. The van der Waals surface area contributed by atoms with Gasteiger partial charge in [0.25, 0.3) is 5.91 Å². The van der Waals surface area contributed by atoms with E-state index in [0.717, 1.165) is 0 Å².